The highest BCUT2D eigenvalue weighted by molar-refractivity contribution is 7.09. The van der Waals surface area contributed by atoms with Crippen LogP contribution in [-0.2, 0) is 22.7 Å². The summed E-state index contributed by atoms with van der Waals surface area (Å²) in [5.74, 6) is -0.417. The van der Waals surface area contributed by atoms with Crippen LogP contribution in [0.2, 0.25) is 0 Å². The van der Waals surface area contributed by atoms with E-state index in [-0.39, 0.29) is 30.3 Å². The van der Waals surface area contributed by atoms with Crippen LogP contribution >= 0.6 is 22.9 Å². The summed E-state index contributed by atoms with van der Waals surface area (Å²) >= 11 is 7.30. The molecule has 0 bridgehead atoms. The van der Waals surface area contributed by atoms with Crippen molar-refractivity contribution in [3.63, 3.8) is 0 Å². The molecule has 0 radical (unpaired) electrons. The molecule has 0 atom stereocenters. The summed E-state index contributed by atoms with van der Waals surface area (Å²) in [6, 6.07) is 13.8. The lowest BCUT2D eigenvalue weighted by atomic mass is 10.2. The molecule has 6 heteroatoms. The Morgan fingerprint density at radius 3 is 2.32 bits per heavy atom. The van der Waals surface area contributed by atoms with Gasteiger partial charge in [-0.15, -0.1) is 22.9 Å². The topological polar surface area (TPSA) is 40.6 Å². The fourth-order valence-electron chi connectivity index (χ4n) is 2.51. The second-order valence-corrected chi connectivity index (χ2v) is 7.36. The van der Waals surface area contributed by atoms with Gasteiger partial charge in [-0.2, -0.15) is 0 Å². The minimum atomic E-state index is -0.221. The van der Waals surface area contributed by atoms with Crippen LogP contribution in [0.25, 0.3) is 0 Å². The molecule has 2 rings (SSSR count). The summed E-state index contributed by atoms with van der Waals surface area (Å²) in [7, 11) is 0. The fraction of sp³-hybridized carbons (Fsp3) is 0.368. The van der Waals surface area contributed by atoms with Crippen LogP contribution in [0.15, 0.2) is 47.8 Å². The molecule has 0 aliphatic rings. The summed E-state index contributed by atoms with van der Waals surface area (Å²) < 4.78 is 0. The van der Waals surface area contributed by atoms with Gasteiger partial charge in [0.15, 0.2) is 0 Å². The van der Waals surface area contributed by atoms with Crippen molar-refractivity contribution in [2.24, 2.45) is 0 Å². The van der Waals surface area contributed by atoms with E-state index in [9.17, 15) is 9.59 Å². The van der Waals surface area contributed by atoms with Crippen LogP contribution < -0.4 is 0 Å². The maximum Gasteiger partial charge on any atom is 0.242 e. The van der Waals surface area contributed by atoms with Gasteiger partial charge < -0.3 is 9.80 Å². The SMILES string of the molecule is CC(C)N(CC(=O)N(Cc1ccccc1)Cc1cccs1)C(=O)CCl. The molecule has 2 aromatic rings. The Morgan fingerprint density at radius 1 is 1.04 bits per heavy atom. The van der Waals surface area contributed by atoms with Crippen LogP contribution in [-0.4, -0.2) is 40.1 Å². The zero-order chi connectivity index (χ0) is 18.2. The van der Waals surface area contributed by atoms with Crippen molar-refractivity contribution >= 4 is 34.8 Å². The van der Waals surface area contributed by atoms with Gasteiger partial charge in [-0.1, -0.05) is 36.4 Å². The number of hydrogen-bond donors (Lipinski definition) is 0. The number of carbonyl (C=O) groups is 2. The lowest BCUT2D eigenvalue weighted by Gasteiger charge is -2.29. The number of benzene rings is 1. The Balaban J connectivity index is 2.15. The van der Waals surface area contributed by atoms with E-state index in [0.717, 1.165) is 10.4 Å². The Hall–Kier alpha value is -1.85. The molecule has 0 N–H and O–H groups in total. The molecule has 134 valence electrons. The molecule has 0 aliphatic heterocycles. The molecule has 1 heterocycles. The largest absolute Gasteiger partial charge is 0.332 e. The van der Waals surface area contributed by atoms with Crippen molar-refractivity contribution in [1.82, 2.24) is 9.80 Å². The predicted octanol–water partition coefficient (Wildman–Crippen LogP) is 3.75. The number of alkyl halides is 1. The second kappa shape index (κ2) is 9.59. The maximum atomic E-state index is 12.9. The van der Waals surface area contributed by atoms with E-state index in [2.05, 4.69) is 0 Å². The average molecular weight is 379 g/mol. The van der Waals surface area contributed by atoms with E-state index >= 15 is 0 Å². The molecule has 25 heavy (non-hydrogen) atoms. The Kier molecular flexibility index (Phi) is 7.47. The lowest BCUT2D eigenvalue weighted by Crippen LogP contribution is -2.46. The monoisotopic (exact) mass is 378 g/mol. The molecule has 0 fully saturated rings. The van der Waals surface area contributed by atoms with E-state index in [1.165, 1.54) is 4.90 Å². The minimum Gasteiger partial charge on any atom is -0.332 e. The molecule has 0 aliphatic carbocycles. The molecule has 0 saturated carbocycles. The van der Waals surface area contributed by atoms with Crippen LogP contribution in [0.5, 0.6) is 0 Å². The van der Waals surface area contributed by atoms with Crippen molar-refractivity contribution in [3.8, 4) is 0 Å². The third-order valence-corrected chi connectivity index (χ3v) is 4.95. The van der Waals surface area contributed by atoms with E-state index in [1.54, 1.807) is 16.2 Å². The number of thiophene rings is 1. The highest BCUT2D eigenvalue weighted by Gasteiger charge is 2.23. The van der Waals surface area contributed by atoms with Gasteiger partial charge in [0.2, 0.25) is 11.8 Å². The van der Waals surface area contributed by atoms with Gasteiger partial charge in [0, 0.05) is 17.5 Å². The number of carbonyl (C=O) groups excluding carboxylic acids is 2. The molecular formula is C19H23ClN2O2S. The van der Waals surface area contributed by atoms with Crippen molar-refractivity contribution < 1.29 is 9.59 Å². The van der Waals surface area contributed by atoms with Crippen LogP contribution in [0.4, 0.5) is 0 Å². The summed E-state index contributed by atoms with van der Waals surface area (Å²) in [6.45, 7) is 4.86. The quantitative estimate of drug-likeness (QED) is 0.656. The molecule has 0 unspecified atom stereocenters. The van der Waals surface area contributed by atoms with E-state index in [4.69, 9.17) is 11.6 Å². The molecule has 0 spiro atoms. The molecule has 4 nitrogen and oxygen atoms in total. The normalized spacial score (nSPS) is 10.7. The maximum absolute atomic E-state index is 12.9. The van der Waals surface area contributed by atoms with Crippen molar-refractivity contribution in [1.29, 1.82) is 0 Å². The first-order chi connectivity index (χ1) is 12.0. The van der Waals surface area contributed by atoms with Gasteiger partial charge in [0.1, 0.15) is 12.4 Å². The van der Waals surface area contributed by atoms with E-state index in [0.29, 0.717) is 13.1 Å². The van der Waals surface area contributed by atoms with Gasteiger partial charge in [-0.05, 0) is 30.9 Å². The zero-order valence-electron chi connectivity index (χ0n) is 14.5. The van der Waals surface area contributed by atoms with E-state index < -0.39 is 0 Å². The molecule has 1 aromatic carbocycles. The third kappa shape index (κ3) is 5.87. The Labute approximate surface area is 158 Å². The van der Waals surface area contributed by atoms with Crippen molar-refractivity contribution in [3.05, 3.63) is 58.3 Å². The van der Waals surface area contributed by atoms with Crippen LogP contribution in [0.1, 0.15) is 24.3 Å². The van der Waals surface area contributed by atoms with E-state index in [1.807, 2.05) is 61.7 Å². The van der Waals surface area contributed by atoms with Crippen LogP contribution in [0, 0.1) is 0 Å². The van der Waals surface area contributed by atoms with Gasteiger partial charge in [0.25, 0.3) is 0 Å². The number of amides is 2. The summed E-state index contributed by atoms with van der Waals surface area (Å²) in [4.78, 5) is 29.3. The zero-order valence-corrected chi connectivity index (χ0v) is 16.1. The summed E-state index contributed by atoms with van der Waals surface area (Å²) in [5, 5.41) is 2.00. The van der Waals surface area contributed by atoms with Gasteiger partial charge >= 0.3 is 0 Å². The van der Waals surface area contributed by atoms with Crippen molar-refractivity contribution in [2.75, 3.05) is 12.4 Å². The van der Waals surface area contributed by atoms with Gasteiger partial charge in [-0.3, -0.25) is 9.59 Å². The first-order valence-electron chi connectivity index (χ1n) is 8.20. The number of hydrogen-bond acceptors (Lipinski definition) is 3. The number of nitrogens with zero attached hydrogens (tertiary/aromatic N) is 2. The Morgan fingerprint density at radius 2 is 1.76 bits per heavy atom. The summed E-state index contributed by atoms with van der Waals surface area (Å²) in [5.41, 5.74) is 1.06. The average Bonchev–Trinajstić information content (AvgIpc) is 3.12. The molecule has 2 amide bonds. The Bertz CT molecular complexity index is 674. The fourth-order valence-corrected chi connectivity index (χ4v) is 3.38. The number of rotatable bonds is 8. The molecule has 1 aromatic heterocycles. The lowest BCUT2D eigenvalue weighted by molar-refractivity contribution is -0.141. The van der Waals surface area contributed by atoms with Crippen LogP contribution in [0.3, 0.4) is 0 Å². The van der Waals surface area contributed by atoms with Gasteiger partial charge in [0.05, 0.1) is 6.54 Å². The number of halogens is 1. The smallest absolute Gasteiger partial charge is 0.242 e. The molecular weight excluding hydrogens is 356 g/mol. The minimum absolute atomic E-state index is 0.0431. The summed E-state index contributed by atoms with van der Waals surface area (Å²) in [6.07, 6.45) is 0. The highest BCUT2D eigenvalue weighted by Crippen LogP contribution is 2.15. The van der Waals surface area contributed by atoms with Gasteiger partial charge in [-0.25, -0.2) is 0 Å². The first-order valence-corrected chi connectivity index (χ1v) is 9.62. The molecule has 0 saturated heterocycles. The second-order valence-electron chi connectivity index (χ2n) is 6.06. The standard InChI is InChI=1S/C19H23ClN2O2S/c1-15(2)22(18(23)11-20)14-19(24)21(13-17-9-6-10-25-17)12-16-7-4-3-5-8-16/h3-10,15H,11-14H2,1-2H3. The third-order valence-electron chi connectivity index (χ3n) is 3.86. The first kappa shape index (κ1) is 19.5. The predicted molar refractivity (Wildman–Crippen MR) is 103 cm³/mol. The van der Waals surface area contributed by atoms with Crippen molar-refractivity contribution in [2.45, 2.75) is 33.0 Å². The highest BCUT2D eigenvalue weighted by atomic mass is 35.5.